The summed E-state index contributed by atoms with van der Waals surface area (Å²) in [4.78, 5) is 26.6. The van der Waals surface area contributed by atoms with Crippen LogP contribution >= 0.6 is 0 Å². The molecule has 6 nitrogen and oxygen atoms in total. The van der Waals surface area contributed by atoms with Gasteiger partial charge in [0.1, 0.15) is 0 Å². The Bertz CT molecular complexity index is 715. The molecule has 0 saturated carbocycles. The SMILES string of the molecule is CCCCC(CC)CCOC(=O)CC1(CC(=O)O)CCN(CCCCOCc2ccccc2)CC1. The monoisotopic (exact) mass is 489 g/mol. The second-order valence-corrected chi connectivity index (χ2v) is 10.3. The molecule has 1 unspecified atom stereocenters. The van der Waals surface area contributed by atoms with Crippen molar-refractivity contribution in [1.82, 2.24) is 4.90 Å². The van der Waals surface area contributed by atoms with Crippen molar-refractivity contribution in [2.45, 2.75) is 91.1 Å². The highest BCUT2D eigenvalue weighted by Gasteiger charge is 2.39. The number of likely N-dealkylation sites (tertiary alicyclic amines) is 1. The lowest BCUT2D eigenvalue weighted by molar-refractivity contribution is -0.150. The molecule has 1 atom stereocenters. The third-order valence-corrected chi connectivity index (χ3v) is 7.42. The number of hydrogen-bond donors (Lipinski definition) is 1. The van der Waals surface area contributed by atoms with Gasteiger partial charge in [-0.3, -0.25) is 9.59 Å². The average molecular weight is 490 g/mol. The number of piperidine rings is 1. The third kappa shape index (κ3) is 12.0. The number of aliphatic carboxylic acids is 1. The quantitative estimate of drug-likeness (QED) is 0.199. The Morgan fingerprint density at radius 3 is 2.40 bits per heavy atom. The second-order valence-electron chi connectivity index (χ2n) is 10.3. The number of nitrogens with zero attached hydrogens (tertiary/aromatic N) is 1. The molecule has 1 fully saturated rings. The summed E-state index contributed by atoms with van der Waals surface area (Å²) in [5.41, 5.74) is 0.711. The van der Waals surface area contributed by atoms with Gasteiger partial charge in [-0.25, -0.2) is 0 Å². The van der Waals surface area contributed by atoms with Crippen molar-refractivity contribution >= 4 is 11.9 Å². The molecule has 1 saturated heterocycles. The molecule has 0 aromatic heterocycles. The Hall–Kier alpha value is -1.92. The van der Waals surface area contributed by atoms with Gasteiger partial charge in [0.15, 0.2) is 0 Å². The van der Waals surface area contributed by atoms with Gasteiger partial charge < -0.3 is 19.5 Å². The fourth-order valence-corrected chi connectivity index (χ4v) is 5.03. The summed E-state index contributed by atoms with van der Waals surface area (Å²) in [7, 11) is 0. The second kappa shape index (κ2) is 16.7. The summed E-state index contributed by atoms with van der Waals surface area (Å²) in [5.74, 6) is -0.462. The number of hydrogen-bond acceptors (Lipinski definition) is 5. The van der Waals surface area contributed by atoms with Gasteiger partial charge in [0.25, 0.3) is 0 Å². The Morgan fingerprint density at radius 2 is 1.74 bits per heavy atom. The smallest absolute Gasteiger partial charge is 0.306 e. The van der Waals surface area contributed by atoms with Crippen LogP contribution in [-0.2, 0) is 25.7 Å². The van der Waals surface area contributed by atoms with Crippen molar-refractivity contribution < 1.29 is 24.2 Å². The van der Waals surface area contributed by atoms with Crippen LogP contribution in [0.5, 0.6) is 0 Å². The lowest BCUT2D eigenvalue weighted by Gasteiger charge is -2.40. The van der Waals surface area contributed by atoms with Crippen LogP contribution in [0.25, 0.3) is 0 Å². The average Bonchev–Trinajstić information content (AvgIpc) is 2.84. The molecule has 198 valence electrons. The van der Waals surface area contributed by atoms with Crippen LogP contribution in [0.4, 0.5) is 0 Å². The minimum absolute atomic E-state index is 0.0390. The van der Waals surface area contributed by atoms with Crippen molar-refractivity contribution in [2.24, 2.45) is 11.3 Å². The number of carbonyl (C=O) groups is 2. The molecule has 1 aliphatic heterocycles. The van der Waals surface area contributed by atoms with E-state index in [4.69, 9.17) is 9.47 Å². The van der Waals surface area contributed by atoms with Crippen LogP contribution in [0.3, 0.4) is 0 Å². The number of carboxylic acid groups (broad SMARTS) is 1. The molecule has 1 N–H and O–H groups in total. The van der Waals surface area contributed by atoms with Gasteiger partial charge in [-0.05, 0) is 68.6 Å². The maximum absolute atomic E-state index is 12.6. The molecular formula is C29H47NO5. The topological polar surface area (TPSA) is 76.1 Å². The van der Waals surface area contributed by atoms with Crippen LogP contribution in [0.1, 0.15) is 90.0 Å². The van der Waals surface area contributed by atoms with E-state index in [1.807, 2.05) is 18.2 Å². The van der Waals surface area contributed by atoms with E-state index in [0.29, 0.717) is 19.1 Å². The molecule has 0 radical (unpaired) electrons. The van der Waals surface area contributed by atoms with Crippen molar-refractivity contribution in [3.05, 3.63) is 35.9 Å². The van der Waals surface area contributed by atoms with Crippen LogP contribution in [0.15, 0.2) is 30.3 Å². The molecule has 6 heteroatoms. The summed E-state index contributed by atoms with van der Waals surface area (Å²) in [6.07, 6.45) is 9.36. The summed E-state index contributed by atoms with van der Waals surface area (Å²) < 4.78 is 11.3. The molecule has 2 rings (SSSR count). The first-order valence-corrected chi connectivity index (χ1v) is 13.7. The molecule has 1 heterocycles. The number of unbranched alkanes of at least 4 members (excludes halogenated alkanes) is 2. The summed E-state index contributed by atoms with van der Waals surface area (Å²) in [5, 5.41) is 9.50. The highest BCUT2D eigenvalue weighted by molar-refractivity contribution is 5.73. The Kier molecular flexibility index (Phi) is 14.0. The van der Waals surface area contributed by atoms with Crippen LogP contribution in [0.2, 0.25) is 0 Å². The van der Waals surface area contributed by atoms with Gasteiger partial charge in [-0.15, -0.1) is 0 Å². The van der Waals surface area contributed by atoms with E-state index in [1.165, 1.54) is 24.8 Å². The van der Waals surface area contributed by atoms with Crippen LogP contribution < -0.4 is 0 Å². The fourth-order valence-electron chi connectivity index (χ4n) is 5.03. The number of esters is 1. The van der Waals surface area contributed by atoms with E-state index in [-0.39, 0.29) is 18.8 Å². The molecular weight excluding hydrogens is 442 g/mol. The standard InChI is InChI=1S/C29H47NO5/c1-3-5-11-25(4-2)14-21-35-28(33)23-29(22-27(31)32)15-18-30(19-16-29)17-9-10-20-34-24-26-12-7-6-8-13-26/h6-8,12-13,25H,3-5,9-11,14-24H2,1-2H3,(H,31,32). The zero-order valence-electron chi connectivity index (χ0n) is 22.0. The first-order valence-electron chi connectivity index (χ1n) is 13.7. The number of ether oxygens (including phenoxy) is 2. The van der Waals surface area contributed by atoms with Gasteiger partial charge >= 0.3 is 11.9 Å². The van der Waals surface area contributed by atoms with E-state index in [1.54, 1.807) is 0 Å². The van der Waals surface area contributed by atoms with E-state index >= 15 is 0 Å². The van der Waals surface area contributed by atoms with Gasteiger partial charge in [-0.2, -0.15) is 0 Å². The molecule has 1 aliphatic rings. The number of rotatable bonds is 18. The molecule has 0 aliphatic carbocycles. The normalized spacial score (nSPS) is 16.6. The van der Waals surface area contributed by atoms with Gasteiger partial charge in [0.2, 0.25) is 0 Å². The van der Waals surface area contributed by atoms with E-state index in [2.05, 4.69) is 30.9 Å². The van der Waals surface area contributed by atoms with Gasteiger partial charge in [-0.1, -0.05) is 69.9 Å². The largest absolute Gasteiger partial charge is 0.481 e. The van der Waals surface area contributed by atoms with Crippen molar-refractivity contribution in [2.75, 3.05) is 32.8 Å². The fraction of sp³-hybridized carbons (Fsp3) is 0.724. The number of benzene rings is 1. The van der Waals surface area contributed by atoms with E-state index in [9.17, 15) is 14.7 Å². The maximum atomic E-state index is 12.6. The van der Waals surface area contributed by atoms with E-state index in [0.717, 1.165) is 64.8 Å². The van der Waals surface area contributed by atoms with Gasteiger partial charge in [0.05, 0.1) is 26.1 Å². The predicted octanol–water partition coefficient (Wildman–Crippen LogP) is 6.08. The van der Waals surface area contributed by atoms with Crippen molar-refractivity contribution in [1.29, 1.82) is 0 Å². The molecule has 1 aromatic carbocycles. The Morgan fingerprint density at radius 1 is 1.00 bits per heavy atom. The lowest BCUT2D eigenvalue weighted by atomic mass is 9.73. The minimum Gasteiger partial charge on any atom is -0.481 e. The first kappa shape index (κ1) is 29.3. The number of carbonyl (C=O) groups excluding carboxylic acids is 1. The first-order chi connectivity index (χ1) is 17.0. The third-order valence-electron chi connectivity index (χ3n) is 7.42. The van der Waals surface area contributed by atoms with Gasteiger partial charge in [0, 0.05) is 6.61 Å². The zero-order valence-corrected chi connectivity index (χ0v) is 22.0. The highest BCUT2D eigenvalue weighted by atomic mass is 16.5. The molecule has 0 spiro atoms. The highest BCUT2D eigenvalue weighted by Crippen LogP contribution is 2.39. The van der Waals surface area contributed by atoms with E-state index < -0.39 is 11.4 Å². The summed E-state index contributed by atoms with van der Waals surface area (Å²) in [6, 6.07) is 10.2. The molecule has 1 aromatic rings. The zero-order chi connectivity index (χ0) is 25.4. The predicted molar refractivity (Wildman–Crippen MR) is 139 cm³/mol. The molecule has 0 bridgehead atoms. The van der Waals surface area contributed by atoms with Crippen LogP contribution in [-0.4, -0.2) is 54.8 Å². The Labute approximate surface area is 212 Å². The van der Waals surface area contributed by atoms with Crippen molar-refractivity contribution in [3.63, 3.8) is 0 Å². The van der Waals surface area contributed by atoms with Crippen molar-refractivity contribution in [3.8, 4) is 0 Å². The maximum Gasteiger partial charge on any atom is 0.306 e. The summed E-state index contributed by atoms with van der Waals surface area (Å²) >= 11 is 0. The number of carboxylic acids is 1. The minimum atomic E-state index is -0.826. The molecule has 35 heavy (non-hydrogen) atoms. The summed E-state index contributed by atoms with van der Waals surface area (Å²) in [6.45, 7) is 8.88. The van der Waals surface area contributed by atoms with Crippen LogP contribution in [0, 0.1) is 11.3 Å². The lowest BCUT2D eigenvalue weighted by Crippen LogP contribution is -2.42. The molecule has 0 amide bonds. The Balaban J connectivity index is 1.67.